The van der Waals surface area contributed by atoms with Crippen molar-refractivity contribution >= 4 is 12.0 Å². The first-order chi connectivity index (χ1) is 12.1. The van der Waals surface area contributed by atoms with Gasteiger partial charge in [-0.05, 0) is 19.4 Å². The van der Waals surface area contributed by atoms with Crippen LogP contribution in [-0.4, -0.2) is 53.6 Å². The molecule has 1 saturated heterocycles. The lowest BCUT2D eigenvalue weighted by molar-refractivity contribution is -0.132. The molecule has 3 rings (SSSR count). The van der Waals surface area contributed by atoms with Gasteiger partial charge in [0.1, 0.15) is 5.76 Å². The van der Waals surface area contributed by atoms with Crippen LogP contribution in [0.4, 0.5) is 0 Å². The average molecular weight is 339 g/mol. The number of carbonyl (C=O) groups is 1. The van der Waals surface area contributed by atoms with E-state index in [2.05, 4.69) is 34.3 Å². The Bertz CT molecular complexity index is 709. The standard InChI is InChI=1S/C20H25N3O2/c1-16-19(17(2)25-21-16)15-20(24)23-13-11-22(12-14-23)10-6-9-18-7-4-3-5-8-18/h3-9H,10-15H2,1-2H3/b9-6+. The molecule has 5 heteroatoms. The highest BCUT2D eigenvalue weighted by Gasteiger charge is 2.22. The second-order valence-electron chi connectivity index (χ2n) is 6.47. The summed E-state index contributed by atoms with van der Waals surface area (Å²) < 4.78 is 5.14. The van der Waals surface area contributed by atoms with Gasteiger partial charge in [0.25, 0.3) is 0 Å². The second kappa shape index (κ2) is 8.12. The van der Waals surface area contributed by atoms with Crippen LogP contribution >= 0.6 is 0 Å². The zero-order chi connectivity index (χ0) is 17.6. The first-order valence-electron chi connectivity index (χ1n) is 8.77. The molecule has 0 bridgehead atoms. The number of hydrogen-bond acceptors (Lipinski definition) is 4. The fourth-order valence-corrected chi connectivity index (χ4v) is 3.10. The van der Waals surface area contributed by atoms with Crippen molar-refractivity contribution in [2.45, 2.75) is 20.3 Å². The number of hydrogen-bond donors (Lipinski definition) is 0. The van der Waals surface area contributed by atoms with Gasteiger partial charge in [0.15, 0.2) is 0 Å². The van der Waals surface area contributed by atoms with E-state index in [1.54, 1.807) is 0 Å². The van der Waals surface area contributed by atoms with Crippen LogP contribution in [0.1, 0.15) is 22.6 Å². The number of amides is 1. The zero-order valence-electron chi connectivity index (χ0n) is 14.9. The van der Waals surface area contributed by atoms with Crippen LogP contribution in [0, 0.1) is 13.8 Å². The van der Waals surface area contributed by atoms with E-state index in [-0.39, 0.29) is 5.91 Å². The van der Waals surface area contributed by atoms with Gasteiger partial charge in [-0.3, -0.25) is 9.69 Å². The Morgan fingerprint density at radius 3 is 2.52 bits per heavy atom. The number of benzene rings is 1. The molecule has 25 heavy (non-hydrogen) atoms. The van der Waals surface area contributed by atoms with Crippen molar-refractivity contribution in [2.24, 2.45) is 0 Å². The molecule has 0 N–H and O–H groups in total. The maximum absolute atomic E-state index is 12.5. The highest BCUT2D eigenvalue weighted by atomic mass is 16.5. The van der Waals surface area contributed by atoms with Crippen LogP contribution in [0.15, 0.2) is 40.9 Å². The molecular formula is C20H25N3O2. The van der Waals surface area contributed by atoms with E-state index in [4.69, 9.17) is 4.52 Å². The number of rotatable bonds is 5. The van der Waals surface area contributed by atoms with Gasteiger partial charge in [0, 0.05) is 38.3 Å². The summed E-state index contributed by atoms with van der Waals surface area (Å²) in [4.78, 5) is 16.8. The molecule has 0 unspecified atom stereocenters. The molecule has 1 aliphatic rings. The van der Waals surface area contributed by atoms with Crippen LogP contribution < -0.4 is 0 Å². The Kier molecular flexibility index (Phi) is 5.66. The maximum atomic E-state index is 12.5. The molecule has 2 aromatic rings. The molecule has 2 heterocycles. The number of aromatic nitrogens is 1. The monoisotopic (exact) mass is 339 g/mol. The Balaban J connectivity index is 1.45. The lowest BCUT2D eigenvalue weighted by atomic mass is 10.1. The van der Waals surface area contributed by atoms with E-state index in [1.807, 2.05) is 36.9 Å². The minimum Gasteiger partial charge on any atom is -0.361 e. The molecular weight excluding hydrogens is 314 g/mol. The molecule has 1 aromatic carbocycles. The fourth-order valence-electron chi connectivity index (χ4n) is 3.10. The summed E-state index contributed by atoms with van der Waals surface area (Å²) in [6.45, 7) is 8.04. The predicted molar refractivity (Wildman–Crippen MR) is 98.2 cm³/mol. The minimum atomic E-state index is 0.161. The predicted octanol–water partition coefficient (Wildman–Crippen LogP) is 2.69. The van der Waals surface area contributed by atoms with E-state index < -0.39 is 0 Å². The van der Waals surface area contributed by atoms with Crippen LogP contribution in [0.2, 0.25) is 0 Å². The van der Waals surface area contributed by atoms with Crippen molar-refractivity contribution in [1.29, 1.82) is 0 Å². The lowest BCUT2D eigenvalue weighted by Crippen LogP contribution is -2.49. The summed E-state index contributed by atoms with van der Waals surface area (Å²) in [6.07, 6.45) is 4.72. The molecule has 0 aliphatic carbocycles. The Morgan fingerprint density at radius 1 is 1.16 bits per heavy atom. The van der Waals surface area contributed by atoms with Gasteiger partial charge >= 0.3 is 0 Å². The van der Waals surface area contributed by atoms with E-state index in [9.17, 15) is 4.79 Å². The second-order valence-corrected chi connectivity index (χ2v) is 6.47. The summed E-state index contributed by atoms with van der Waals surface area (Å²) in [5, 5.41) is 3.92. The van der Waals surface area contributed by atoms with E-state index >= 15 is 0 Å². The van der Waals surface area contributed by atoms with E-state index in [0.717, 1.165) is 49.7 Å². The minimum absolute atomic E-state index is 0.161. The van der Waals surface area contributed by atoms with Crippen molar-refractivity contribution in [1.82, 2.24) is 15.0 Å². The fraction of sp³-hybridized carbons (Fsp3) is 0.400. The Labute approximate surface area is 148 Å². The SMILES string of the molecule is Cc1noc(C)c1CC(=O)N1CCN(C/C=C/c2ccccc2)CC1. The zero-order valence-corrected chi connectivity index (χ0v) is 14.9. The van der Waals surface area contributed by atoms with Gasteiger partial charge in [-0.25, -0.2) is 0 Å². The van der Waals surface area contributed by atoms with Gasteiger partial charge in [-0.2, -0.15) is 0 Å². The summed E-state index contributed by atoms with van der Waals surface area (Å²) in [5.41, 5.74) is 2.96. The van der Waals surface area contributed by atoms with Gasteiger partial charge < -0.3 is 9.42 Å². The Hall–Kier alpha value is -2.40. The molecule has 1 aliphatic heterocycles. The van der Waals surface area contributed by atoms with Gasteiger partial charge in [-0.15, -0.1) is 0 Å². The molecule has 1 amide bonds. The van der Waals surface area contributed by atoms with Crippen LogP contribution in [0.25, 0.3) is 6.08 Å². The highest BCUT2D eigenvalue weighted by molar-refractivity contribution is 5.79. The first kappa shape index (κ1) is 17.4. The third-order valence-corrected chi connectivity index (χ3v) is 4.71. The average Bonchev–Trinajstić information content (AvgIpc) is 2.95. The van der Waals surface area contributed by atoms with Gasteiger partial charge in [-0.1, -0.05) is 47.6 Å². The lowest BCUT2D eigenvalue weighted by Gasteiger charge is -2.34. The Morgan fingerprint density at radius 2 is 1.88 bits per heavy atom. The number of piperazine rings is 1. The van der Waals surface area contributed by atoms with Crippen molar-refractivity contribution in [3.63, 3.8) is 0 Å². The van der Waals surface area contributed by atoms with Crippen molar-refractivity contribution in [3.05, 3.63) is 59.0 Å². The van der Waals surface area contributed by atoms with Crippen LogP contribution in [0.5, 0.6) is 0 Å². The van der Waals surface area contributed by atoms with Crippen molar-refractivity contribution in [3.8, 4) is 0 Å². The quantitative estimate of drug-likeness (QED) is 0.840. The molecule has 5 nitrogen and oxygen atoms in total. The number of aryl methyl sites for hydroxylation is 2. The topological polar surface area (TPSA) is 49.6 Å². The van der Waals surface area contributed by atoms with Crippen LogP contribution in [0.3, 0.4) is 0 Å². The summed E-state index contributed by atoms with van der Waals surface area (Å²) in [5.74, 6) is 0.907. The molecule has 0 atom stereocenters. The molecule has 1 fully saturated rings. The number of nitrogens with zero attached hydrogens (tertiary/aromatic N) is 3. The third-order valence-electron chi connectivity index (χ3n) is 4.71. The number of carbonyl (C=O) groups excluding carboxylic acids is 1. The van der Waals surface area contributed by atoms with Gasteiger partial charge in [0.05, 0.1) is 12.1 Å². The van der Waals surface area contributed by atoms with Crippen molar-refractivity contribution in [2.75, 3.05) is 32.7 Å². The smallest absolute Gasteiger partial charge is 0.227 e. The summed E-state index contributed by atoms with van der Waals surface area (Å²) in [7, 11) is 0. The van der Waals surface area contributed by atoms with Crippen molar-refractivity contribution < 1.29 is 9.32 Å². The third kappa shape index (κ3) is 4.57. The van der Waals surface area contributed by atoms with E-state index in [1.165, 1.54) is 5.56 Å². The normalized spacial score (nSPS) is 15.8. The summed E-state index contributed by atoms with van der Waals surface area (Å²) in [6, 6.07) is 10.3. The summed E-state index contributed by atoms with van der Waals surface area (Å²) >= 11 is 0. The molecule has 0 saturated carbocycles. The largest absolute Gasteiger partial charge is 0.361 e. The molecule has 0 spiro atoms. The molecule has 1 aromatic heterocycles. The highest BCUT2D eigenvalue weighted by Crippen LogP contribution is 2.15. The molecule has 0 radical (unpaired) electrons. The van der Waals surface area contributed by atoms with Crippen LogP contribution in [-0.2, 0) is 11.2 Å². The van der Waals surface area contributed by atoms with E-state index in [0.29, 0.717) is 6.42 Å². The first-order valence-corrected chi connectivity index (χ1v) is 8.77. The maximum Gasteiger partial charge on any atom is 0.227 e. The van der Waals surface area contributed by atoms with Gasteiger partial charge in [0.2, 0.25) is 5.91 Å². The molecule has 132 valence electrons.